The Morgan fingerprint density at radius 3 is 2.57 bits per heavy atom. The molecular weight excluding hydrogens is 441 g/mol. The van der Waals surface area contributed by atoms with Crippen molar-refractivity contribution in [2.24, 2.45) is 0 Å². The summed E-state index contributed by atoms with van der Waals surface area (Å²) in [6.45, 7) is 0. The number of halogens is 2. The highest BCUT2D eigenvalue weighted by atomic mass is 35.5. The molecular formula is C18H13Cl2N3O3S2. The molecule has 10 heteroatoms. The summed E-state index contributed by atoms with van der Waals surface area (Å²) in [7, 11) is 1.57. The van der Waals surface area contributed by atoms with Crippen molar-refractivity contribution in [1.29, 1.82) is 0 Å². The molecule has 1 heterocycles. The van der Waals surface area contributed by atoms with Crippen LogP contribution in [0.3, 0.4) is 0 Å². The molecule has 1 aromatic heterocycles. The normalized spacial score (nSPS) is 10.5. The van der Waals surface area contributed by atoms with Crippen molar-refractivity contribution in [3.05, 3.63) is 63.6 Å². The molecule has 2 aromatic carbocycles. The van der Waals surface area contributed by atoms with E-state index in [9.17, 15) is 9.59 Å². The fraction of sp³-hybridized carbons (Fsp3) is 0.111. The van der Waals surface area contributed by atoms with E-state index in [2.05, 4.69) is 15.5 Å². The number of carbonyl (C=O) groups is 2. The molecule has 0 bridgehead atoms. The van der Waals surface area contributed by atoms with Crippen LogP contribution < -0.4 is 10.1 Å². The lowest BCUT2D eigenvalue weighted by Gasteiger charge is -2.03. The number of methoxy groups -OCH3 is 1. The summed E-state index contributed by atoms with van der Waals surface area (Å²) in [5.74, 6) is 0.442. The number of hydrogen-bond donors (Lipinski definition) is 1. The zero-order valence-electron chi connectivity index (χ0n) is 14.4. The van der Waals surface area contributed by atoms with E-state index in [1.165, 1.54) is 35.2 Å². The first-order valence-electron chi connectivity index (χ1n) is 7.86. The van der Waals surface area contributed by atoms with Crippen molar-refractivity contribution in [3.8, 4) is 5.75 Å². The number of anilines is 1. The van der Waals surface area contributed by atoms with Gasteiger partial charge in [0.25, 0.3) is 5.91 Å². The van der Waals surface area contributed by atoms with Gasteiger partial charge in [0.15, 0.2) is 10.1 Å². The molecule has 6 nitrogen and oxygen atoms in total. The average Bonchev–Trinajstić information content (AvgIpc) is 3.13. The first-order chi connectivity index (χ1) is 13.5. The second-order valence-electron chi connectivity index (χ2n) is 5.39. The molecule has 0 saturated heterocycles. The third-order valence-corrected chi connectivity index (χ3v) is 6.06. The number of ketones is 1. The molecule has 0 atom stereocenters. The van der Waals surface area contributed by atoms with E-state index in [1.54, 1.807) is 37.4 Å². The van der Waals surface area contributed by atoms with Gasteiger partial charge in [-0.15, -0.1) is 10.2 Å². The maximum absolute atomic E-state index is 12.3. The molecule has 0 radical (unpaired) electrons. The Kier molecular flexibility index (Phi) is 6.90. The Labute approximate surface area is 179 Å². The summed E-state index contributed by atoms with van der Waals surface area (Å²) in [5.41, 5.74) is 0.869. The van der Waals surface area contributed by atoms with Crippen LogP contribution in [-0.4, -0.2) is 34.8 Å². The molecule has 0 aliphatic heterocycles. The van der Waals surface area contributed by atoms with Crippen LogP contribution in [0.25, 0.3) is 0 Å². The van der Waals surface area contributed by atoms with Gasteiger partial charge in [0.1, 0.15) is 5.75 Å². The Balaban J connectivity index is 1.57. The monoisotopic (exact) mass is 453 g/mol. The van der Waals surface area contributed by atoms with Crippen LogP contribution in [0, 0.1) is 0 Å². The van der Waals surface area contributed by atoms with E-state index in [1.807, 2.05) is 0 Å². The minimum Gasteiger partial charge on any atom is -0.497 e. The molecule has 3 rings (SSSR count). The van der Waals surface area contributed by atoms with Gasteiger partial charge in [0, 0.05) is 10.6 Å². The topological polar surface area (TPSA) is 81.2 Å². The smallest absolute Gasteiger partial charge is 0.259 e. The Bertz CT molecular complexity index is 1010. The first-order valence-corrected chi connectivity index (χ1v) is 10.4. The number of Topliss-reactive ketones (excluding diaryl/α,β-unsaturated/α-hetero) is 1. The number of hydrogen-bond acceptors (Lipinski definition) is 7. The van der Waals surface area contributed by atoms with Gasteiger partial charge in [-0.3, -0.25) is 14.9 Å². The number of benzene rings is 2. The molecule has 1 amide bonds. The second-order valence-corrected chi connectivity index (χ2v) is 8.44. The average molecular weight is 454 g/mol. The van der Waals surface area contributed by atoms with E-state index in [4.69, 9.17) is 27.9 Å². The predicted molar refractivity (Wildman–Crippen MR) is 112 cm³/mol. The Hall–Kier alpha value is -2.13. The number of ether oxygens (including phenoxy) is 1. The fourth-order valence-corrected chi connectivity index (χ4v) is 4.28. The van der Waals surface area contributed by atoms with Crippen LogP contribution in [0.4, 0.5) is 5.13 Å². The minimum absolute atomic E-state index is 0.0404. The van der Waals surface area contributed by atoms with E-state index >= 15 is 0 Å². The van der Waals surface area contributed by atoms with Gasteiger partial charge in [-0.05, 0) is 42.5 Å². The van der Waals surface area contributed by atoms with Gasteiger partial charge in [-0.25, -0.2) is 0 Å². The fourth-order valence-electron chi connectivity index (χ4n) is 2.14. The number of amides is 1. The summed E-state index contributed by atoms with van der Waals surface area (Å²) < 4.78 is 5.64. The zero-order chi connectivity index (χ0) is 20.1. The molecule has 3 aromatic rings. The highest BCUT2D eigenvalue weighted by Gasteiger charge is 2.15. The molecule has 0 saturated carbocycles. The summed E-state index contributed by atoms with van der Waals surface area (Å²) in [6, 6.07) is 11.5. The zero-order valence-corrected chi connectivity index (χ0v) is 17.6. The largest absolute Gasteiger partial charge is 0.497 e. The number of carbonyl (C=O) groups excluding carboxylic acids is 2. The van der Waals surface area contributed by atoms with E-state index < -0.39 is 5.91 Å². The van der Waals surface area contributed by atoms with E-state index in [-0.39, 0.29) is 22.1 Å². The van der Waals surface area contributed by atoms with Crippen molar-refractivity contribution >= 4 is 63.1 Å². The van der Waals surface area contributed by atoms with Crippen LogP contribution >= 0.6 is 46.3 Å². The molecule has 0 spiro atoms. The number of nitrogens with one attached hydrogen (secondary N) is 1. The lowest BCUT2D eigenvalue weighted by atomic mass is 10.1. The lowest BCUT2D eigenvalue weighted by molar-refractivity contribution is 0.101. The third kappa shape index (κ3) is 5.23. The molecule has 0 aliphatic carbocycles. The summed E-state index contributed by atoms with van der Waals surface area (Å²) >= 11 is 14.3. The lowest BCUT2D eigenvalue weighted by Crippen LogP contribution is -2.12. The van der Waals surface area contributed by atoms with Gasteiger partial charge >= 0.3 is 0 Å². The summed E-state index contributed by atoms with van der Waals surface area (Å²) in [4.78, 5) is 24.5. The molecule has 28 heavy (non-hydrogen) atoms. The SMILES string of the molecule is COc1ccc(C(=O)CSc2nnc(NC(=O)c3ccc(Cl)cc3Cl)s2)cc1. The van der Waals surface area contributed by atoms with Gasteiger partial charge in [0.05, 0.1) is 23.4 Å². The standard InChI is InChI=1S/C18H13Cl2N3O3S2/c1-26-12-5-2-10(3-6-12)15(24)9-27-18-23-22-17(28-18)21-16(25)13-7-4-11(19)8-14(13)20/h2-8H,9H2,1H3,(H,21,22,25). The molecule has 0 aliphatic rings. The molecule has 1 N–H and O–H groups in total. The predicted octanol–water partition coefficient (Wildman–Crippen LogP) is 5.08. The highest BCUT2D eigenvalue weighted by Crippen LogP contribution is 2.28. The van der Waals surface area contributed by atoms with Crippen LogP contribution in [-0.2, 0) is 0 Å². The molecule has 0 fully saturated rings. The van der Waals surface area contributed by atoms with Crippen molar-refractivity contribution in [2.75, 3.05) is 18.2 Å². The van der Waals surface area contributed by atoms with Crippen molar-refractivity contribution < 1.29 is 14.3 Å². The van der Waals surface area contributed by atoms with E-state index in [0.717, 1.165) is 0 Å². The molecule has 0 unspecified atom stereocenters. The highest BCUT2D eigenvalue weighted by molar-refractivity contribution is 8.01. The third-order valence-electron chi connectivity index (χ3n) is 3.54. The van der Waals surface area contributed by atoms with Gasteiger partial charge in [-0.1, -0.05) is 46.3 Å². The Morgan fingerprint density at radius 2 is 1.89 bits per heavy atom. The number of thioether (sulfide) groups is 1. The van der Waals surface area contributed by atoms with Crippen molar-refractivity contribution in [1.82, 2.24) is 10.2 Å². The number of rotatable bonds is 7. The quantitative estimate of drug-likeness (QED) is 0.305. The summed E-state index contributed by atoms with van der Waals surface area (Å²) in [6.07, 6.45) is 0. The second kappa shape index (κ2) is 9.38. The van der Waals surface area contributed by atoms with Crippen LogP contribution in [0.1, 0.15) is 20.7 Å². The number of nitrogens with zero attached hydrogens (tertiary/aromatic N) is 2. The van der Waals surface area contributed by atoms with Crippen LogP contribution in [0.5, 0.6) is 5.75 Å². The number of aromatic nitrogens is 2. The summed E-state index contributed by atoms with van der Waals surface area (Å²) in [5, 5.41) is 11.5. The van der Waals surface area contributed by atoms with Crippen molar-refractivity contribution in [2.45, 2.75) is 4.34 Å². The van der Waals surface area contributed by atoms with Gasteiger partial charge in [0.2, 0.25) is 5.13 Å². The maximum atomic E-state index is 12.3. The van der Waals surface area contributed by atoms with Crippen molar-refractivity contribution in [3.63, 3.8) is 0 Å². The Morgan fingerprint density at radius 1 is 1.14 bits per heavy atom. The molecule has 144 valence electrons. The van der Waals surface area contributed by atoms with Gasteiger partial charge in [-0.2, -0.15) is 0 Å². The van der Waals surface area contributed by atoms with Gasteiger partial charge < -0.3 is 4.74 Å². The van der Waals surface area contributed by atoms with E-state index in [0.29, 0.717) is 25.8 Å². The minimum atomic E-state index is -0.413. The first kappa shape index (κ1) is 20.6. The van der Waals surface area contributed by atoms with Crippen LogP contribution in [0.2, 0.25) is 10.0 Å². The maximum Gasteiger partial charge on any atom is 0.259 e. The van der Waals surface area contributed by atoms with Crippen LogP contribution in [0.15, 0.2) is 46.8 Å².